The van der Waals surface area contributed by atoms with Crippen molar-refractivity contribution in [3.63, 3.8) is 0 Å². The summed E-state index contributed by atoms with van der Waals surface area (Å²) in [5.74, 6) is -3.15. The van der Waals surface area contributed by atoms with Crippen molar-refractivity contribution in [2.45, 2.75) is 6.18 Å². The van der Waals surface area contributed by atoms with Crippen LogP contribution >= 0.6 is 0 Å². The number of carboxylic acid groups (broad SMARTS) is 1. The van der Waals surface area contributed by atoms with Crippen molar-refractivity contribution in [1.29, 1.82) is 0 Å². The summed E-state index contributed by atoms with van der Waals surface area (Å²) in [6, 6.07) is 10.5. The quantitative estimate of drug-likeness (QED) is 0.520. The van der Waals surface area contributed by atoms with Gasteiger partial charge in [-0.15, -0.1) is 0 Å². The van der Waals surface area contributed by atoms with E-state index in [2.05, 4.69) is 0 Å². The number of carbonyl (C=O) groups is 2. The van der Waals surface area contributed by atoms with Gasteiger partial charge in [-0.1, -0.05) is 30.3 Å². The van der Waals surface area contributed by atoms with Crippen molar-refractivity contribution in [2.24, 2.45) is 0 Å². The van der Waals surface area contributed by atoms with Crippen LogP contribution in [-0.4, -0.2) is 17.0 Å². The first-order valence-corrected chi connectivity index (χ1v) is 6.67. The molecule has 0 saturated carbocycles. The number of rotatable bonds is 4. The molecule has 0 heterocycles. The van der Waals surface area contributed by atoms with Gasteiger partial charge in [0.25, 0.3) is 0 Å². The van der Waals surface area contributed by atoms with E-state index in [1.165, 1.54) is 6.08 Å². The monoisotopic (exact) mass is 336 g/mol. The molecule has 0 aromatic heterocycles. The van der Waals surface area contributed by atoms with Crippen molar-refractivity contribution in [3.05, 3.63) is 71.3 Å². The van der Waals surface area contributed by atoms with Crippen LogP contribution in [0.15, 0.2) is 54.6 Å². The summed E-state index contributed by atoms with van der Waals surface area (Å²) in [6.45, 7) is 0. The summed E-state index contributed by atoms with van der Waals surface area (Å²) < 4.78 is 42.9. The molecule has 0 aliphatic heterocycles. The van der Waals surface area contributed by atoms with Gasteiger partial charge in [0.1, 0.15) is 11.3 Å². The van der Waals surface area contributed by atoms with E-state index in [0.717, 1.165) is 12.1 Å². The van der Waals surface area contributed by atoms with Crippen molar-refractivity contribution in [3.8, 4) is 5.75 Å². The van der Waals surface area contributed by atoms with Gasteiger partial charge in [0.15, 0.2) is 0 Å². The van der Waals surface area contributed by atoms with Crippen molar-refractivity contribution in [2.75, 3.05) is 0 Å². The lowest BCUT2D eigenvalue weighted by Crippen LogP contribution is -2.11. The summed E-state index contributed by atoms with van der Waals surface area (Å²) in [7, 11) is 0. The van der Waals surface area contributed by atoms with Crippen LogP contribution in [0.25, 0.3) is 6.08 Å². The van der Waals surface area contributed by atoms with E-state index in [1.54, 1.807) is 30.3 Å². The molecule has 7 heteroatoms. The highest BCUT2D eigenvalue weighted by Gasteiger charge is 2.32. The molecule has 0 saturated heterocycles. The zero-order chi connectivity index (χ0) is 17.7. The Morgan fingerprint density at radius 3 is 2.29 bits per heavy atom. The van der Waals surface area contributed by atoms with Crippen molar-refractivity contribution >= 4 is 18.0 Å². The summed E-state index contributed by atoms with van der Waals surface area (Å²) in [5, 5.41) is 8.99. The molecule has 1 N–H and O–H groups in total. The molecule has 2 aromatic carbocycles. The van der Waals surface area contributed by atoms with Gasteiger partial charge in [0, 0.05) is 6.08 Å². The average molecular weight is 336 g/mol. The topological polar surface area (TPSA) is 63.6 Å². The maximum Gasteiger partial charge on any atom is 0.416 e. The molecule has 0 radical (unpaired) electrons. The molecule has 4 nitrogen and oxygen atoms in total. The zero-order valence-corrected chi connectivity index (χ0v) is 12.1. The van der Waals surface area contributed by atoms with Crippen molar-refractivity contribution < 1.29 is 32.6 Å². The molecule has 0 bridgehead atoms. The Bertz CT molecular complexity index is 780. The van der Waals surface area contributed by atoms with Crippen LogP contribution in [0.5, 0.6) is 5.75 Å². The van der Waals surface area contributed by atoms with Gasteiger partial charge in [-0.2, -0.15) is 13.2 Å². The number of benzene rings is 2. The lowest BCUT2D eigenvalue weighted by Gasteiger charge is -2.10. The second-order valence-corrected chi connectivity index (χ2v) is 4.68. The molecule has 0 fully saturated rings. The first-order valence-electron chi connectivity index (χ1n) is 6.67. The van der Waals surface area contributed by atoms with Crippen LogP contribution in [0.3, 0.4) is 0 Å². The van der Waals surface area contributed by atoms with E-state index < -0.39 is 35.0 Å². The number of aromatic carboxylic acids is 1. The van der Waals surface area contributed by atoms with Gasteiger partial charge in [-0.3, -0.25) is 0 Å². The number of alkyl halides is 3. The third-order valence-corrected chi connectivity index (χ3v) is 2.96. The van der Waals surface area contributed by atoms with E-state index in [1.807, 2.05) is 0 Å². The number of esters is 1. The van der Waals surface area contributed by atoms with Gasteiger partial charge in [-0.25, -0.2) is 9.59 Å². The molecule has 0 aliphatic rings. The molecule has 124 valence electrons. The minimum Gasteiger partial charge on any atom is -0.478 e. The number of carbonyl (C=O) groups excluding carboxylic acids is 1. The lowest BCUT2D eigenvalue weighted by atomic mass is 10.1. The number of carboxylic acids is 1. The largest absolute Gasteiger partial charge is 0.478 e. The Balaban J connectivity index is 2.25. The van der Waals surface area contributed by atoms with Gasteiger partial charge < -0.3 is 9.84 Å². The van der Waals surface area contributed by atoms with Gasteiger partial charge >= 0.3 is 18.1 Å². The van der Waals surface area contributed by atoms with Crippen LogP contribution in [0.1, 0.15) is 21.5 Å². The van der Waals surface area contributed by atoms with Gasteiger partial charge in [0.2, 0.25) is 0 Å². The van der Waals surface area contributed by atoms with Crippen LogP contribution < -0.4 is 4.74 Å². The van der Waals surface area contributed by atoms with Crippen LogP contribution in [0, 0.1) is 0 Å². The Morgan fingerprint density at radius 2 is 1.71 bits per heavy atom. The molecule has 24 heavy (non-hydrogen) atoms. The predicted molar refractivity (Wildman–Crippen MR) is 79.5 cm³/mol. The minimum atomic E-state index is -4.68. The maximum absolute atomic E-state index is 12.7. The molecule has 0 spiro atoms. The van der Waals surface area contributed by atoms with Crippen LogP contribution in [0.4, 0.5) is 13.2 Å². The third-order valence-electron chi connectivity index (χ3n) is 2.96. The van der Waals surface area contributed by atoms with Crippen LogP contribution in [-0.2, 0) is 11.0 Å². The molecule has 0 atom stereocenters. The second-order valence-electron chi connectivity index (χ2n) is 4.68. The summed E-state index contributed by atoms with van der Waals surface area (Å²) >= 11 is 0. The molecular weight excluding hydrogens is 325 g/mol. The Morgan fingerprint density at radius 1 is 1.04 bits per heavy atom. The highest BCUT2D eigenvalue weighted by atomic mass is 19.4. The Hall–Kier alpha value is -3.09. The molecule has 2 rings (SSSR count). The number of hydrogen-bond donors (Lipinski definition) is 1. The van der Waals surface area contributed by atoms with E-state index in [-0.39, 0.29) is 0 Å². The number of halogens is 3. The van der Waals surface area contributed by atoms with E-state index in [4.69, 9.17) is 9.84 Å². The van der Waals surface area contributed by atoms with Crippen molar-refractivity contribution in [1.82, 2.24) is 0 Å². The summed E-state index contributed by atoms with van der Waals surface area (Å²) in [4.78, 5) is 22.8. The second kappa shape index (κ2) is 6.99. The molecule has 2 aromatic rings. The van der Waals surface area contributed by atoms with Gasteiger partial charge in [-0.05, 0) is 29.8 Å². The fourth-order valence-corrected chi connectivity index (χ4v) is 1.83. The first kappa shape index (κ1) is 17.3. The zero-order valence-electron chi connectivity index (χ0n) is 12.1. The minimum absolute atomic E-state index is 0.484. The highest BCUT2D eigenvalue weighted by molar-refractivity contribution is 5.94. The maximum atomic E-state index is 12.7. The molecular formula is C17H11F3O4. The SMILES string of the molecule is O=C(C=Cc1ccccc1)Oc1cc(C(F)(F)F)ccc1C(=O)O. The summed E-state index contributed by atoms with van der Waals surface area (Å²) in [6.07, 6.45) is -2.28. The summed E-state index contributed by atoms with van der Waals surface area (Å²) in [5.41, 5.74) is -0.969. The standard InChI is InChI=1S/C17H11F3O4/c18-17(19,20)12-7-8-13(16(22)23)14(10-12)24-15(21)9-6-11-4-2-1-3-5-11/h1-10H,(H,22,23). The lowest BCUT2D eigenvalue weighted by molar-refractivity contribution is -0.138. The molecule has 0 aliphatic carbocycles. The Kier molecular flexibility index (Phi) is 5.03. The number of ether oxygens (including phenoxy) is 1. The molecule has 0 unspecified atom stereocenters. The average Bonchev–Trinajstić information content (AvgIpc) is 2.53. The van der Waals surface area contributed by atoms with E-state index in [9.17, 15) is 22.8 Å². The third kappa shape index (κ3) is 4.45. The van der Waals surface area contributed by atoms with E-state index in [0.29, 0.717) is 17.7 Å². The normalized spacial score (nSPS) is 11.5. The smallest absolute Gasteiger partial charge is 0.416 e. The molecule has 0 amide bonds. The Labute approximate surface area is 134 Å². The highest BCUT2D eigenvalue weighted by Crippen LogP contribution is 2.33. The first-order chi connectivity index (χ1) is 11.3. The van der Waals surface area contributed by atoms with E-state index >= 15 is 0 Å². The fraction of sp³-hybridized carbons (Fsp3) is 0.0588. The van der Waals surface area contributed by atoms with Gasteiger partial charge in [0.05, 0.1) is 5.56 Å². The predicted octanol–water partition coefficient (Wildman–Crippen LogP) is 4.02. The van der Waals surface area contributed by atoms with Crippen LogP contribution in [0.2, 0.25) is 0 Å². The fourth-order valence-electron chi connectivity index (χ4n) is 1.83. The number of hydrogen-bond acceptors (Lipinski definition) is 3.